The highest BCUT2D eigenvalue weighted by Crippen LogP contribution is 2.23. The van der Waals surface area contributed by atoms with Crippen molar-refractivity contribution in [1.29, 1.82) is 0 Å². The molecule has 3 rings (SSSR count). The van der Waals surface area contributed by atoms with E-state index in [-0.39, 0.29) is 5.82 Å². The highest BCUT2D eigenvalue weighted by atomic mass is 19.1. The molecule has 0 atom stereocenters. The normalized spacial score (nSPS) is 11.0. The Bertz CT molecular complexity index is 759. The number of nitrogen functional groups attached to an aromatic ring is 1. The number of halogens is 1. The molecule has 1 aromatic carbocycles. The smallest absolute Gasteiger partial charge is 0.123 e. The Kier molecular flexibility index (Phi) is 3.43. The van der Waals surface area contributed by atoms with Crippen LogP contribution in [0.3, 0.4) is 0 Å². The molecule has 2 N–H and O–H groups in total. The van der Waals surface area contributed by atoms with E-state index in [1.54, 1.807) is 23.1 Å². The molecule has 0 radical (unpaired) electrons. The van der Waals surface area contributed by atoms with Gasteiger partial charge < -0.3 is 5.73 Å². The molecule has 6 heteroatoms. The minimum Gasteiger partial charge on any atom is -0.396 e. The van der Waals surface area contributed by atoms with E-state index in [0.717, 1.165) is 17.7 Å². The quantitative estimate of drug-likeness (QED) is 0.801. The van der Waals surface area contributed by atoms with E-state index < -0.39 is 0 Å². The topological polar surface area (TPSA) is 61.7 Å². The fourth-order valence-corrected chi connectivity index (χ4v) is 2.22. The van der Waals surface area contributed by atoms with E-state index in [1.165, 1.54) is 12.1 Å². The third-order valence-electron chi connectivity index (χ3n) is 3.25. The van der Waals surface area contributed by atoms with Crippen LogP contribution in [0.25, 0.3) is 11.3 Å². The van der Waals surface area contributed by atoms with E-state index in [1.807, 2.05) is 23.9 Å². The molecular weight excluding hydrogens is 269 g/mol. The van der Waals surface area contributed by atoms with Crippen LogP contribution < -0.4 is 5.73 Å². The van der Waals surface area contributed by atoms with E-state index in [2.05, 4.69) is 10.2 Å². The molecule has 0 saturated carbocycles. The third-order valence-corrected chi connectivity index (χ3v) is 3.25. The van der Waals surface area contributed by atoms with Gasteiger partial charge in [-0.05, 0) is 24.6 Å². The lowest BCUT2D eigenvalue weighted by Crippen LogP contribution is -2.00. The van der Waals surface area contributed by atoms with Gasteiger partial charge in [0.2, 0.25) is 0 Å². The average molecular weight is 285 g/mol. The lowest BCUT2D eigenvalue weighted by molar-refractivity contribution is 0.619. The summed E-state index contributed by atoms with van der Waals surface area (Å²) in [5.74, 6) is -0.253. The van der Waals surface area contributed by atoms with Crippen molar-refractivity contribution in [2.45, 2.75) is 20.0 Å². The standard InChI is InChI=1S/C15H16FN5/c1-2-20-9-12(7-18-20)15-14(17)10-21(19-15)8-11-4-3-5-13(16)6-11/h3-7,9-10H,2,8,17H2,1H3. The molecule has 3 aromatic rings. The summed E-state index contributed by atoms with van der Waals surface area (Å²) in [6.45, 7) is 3.29. The van der Waals surface area contributed by atoms with Gasteiger partial charge in [0.05, 0.1) is 18.4 Å². The maximum atomic E-state index is 13.2. The number of aryl methyl sites for hydroxylation is 1. The number of hydrogen-bond acceptors (Lipinski definition) is 3. The van der Waals surface area contributed by atoms with Crippen molar-refractivity contribution in [3.8, 4) is 11.3 Å². The highest BCUT2D eigenvalue weighted by Gasteiger charge is 2.11. The summed E-state index contributed by atoms with van der Waals surface area (Å²) in [6.07, 6.45) is 5.41. The van der Waals surface area contributed by atoms with Gasteiger partial charge in [0.1, 0.15) is 11.5 Å². The monoisotopic (exact) mass is 285 g/mol. The highest BCUT2D eigenvalue weighted by molar-refractivity contribution is 5.70. The van der Waals surface area contributed by atoms with Crippen LogP contribution in [-0.4, -0.2) is 19.6 Å². The first-order valence-corrected chi connectivity index (χ1v) is 6.76. The van der Waals surface area contributed by atoms with Crippen molar-refractivity contribution in [1.82, 2.24) is 19.6 Å². The molecular formula is C15H16FN5. The second kappa shape index (κ2) is 5.40. The molecule has 21 heavy (non-hydrogen) atoms. The van der Waals surface area contributed by atoms with Gasteiger partial charge in [-0.2, -0.15) is 10.2 Å². The lowest BCUT2D eigenvalue weighted by Gasteiger charge is -2.01. The molecule has 0 spiro atoms. The molecule has 108 valence electrons. The first-order valence-electron chi connectivity index (χ1n) is 6.76. The first kappa shape index (κ1) is 13.4. The summed E-state index contributed by atoms with van der Waals surface area (Å²) in [6, 6.07) is 6.46. The molecule has 2 aromatic heterocycles. The van der Waals surface area contributed by atoms with Crippen LogP contribution in [0.1, 0.15) is 12.5 Å². The molecule has 5 nitrogen and oxygen atoms in total. The van der Waals surface area contributed by atoms with Crippen LogP contribution in [0.2, 0.25) is 0 Å². The Hall–Kier alpha value is -2.63. The molecule has 2 heterocycles. The van der Waals surface area contributed by atoms with Crippen molar-refractivity contribution in [3.05, 3.63) is 54.2 Å². The number of nitrogens with two attached hydrogens (primary N) is 1. The van der Waals surface area contributed by atoms with Crippen LogP contribution in [0.4, 0.5) is 10.1 Å². The van der Waals surface area contributed by atoms with Crippen molar-refractivity contribution >= 4 is 5.69 Å². The van der Waals surface area contributed by atoms with E-state index in [0.29, 0.717) is 17.9 Å². The third kappa shape index (κ3) is 2.79. The zero-order valence-electron chi connectivity index (χ0n) is 11.7. The number of nitrogens with zero attached hydrogens (tertiary/aromatic N) is 4. The Balaban J connectivity index is 1.87. The summed E-state index contributed by atoms with van der Waals surface area (Å²) in [5.41, 5.74) is 9.02. The van der Waals surface area contributed by atoms with E-state index >= 15 is 0 Å². The molecule has 0 saturated heterocycles. The number of hydrogen-bond donors (Lipinski definition) is 1. The van der Waals surface area contributed by atoms with Crippen molar-refractivity contribution in [3.63, 3.8) is 0 Å². The van der Waals surface area contributed by atoms with Gasteiger partial charge in [-0.25, -0.2) is 4.39 Å². The Morgan fingerprint density at radius 1 is 1.24 bits per heavy atom. The maximum Gasteiger partial charge on any atom is 0.123 e. The van der Waals surface area contributed by atoms with Crippen molar-refractivity contribution < 1.29 is 4.39 Å². The second-order valence-corrected chi connectivity index (χ2v) is 4.85. The summed E-state index contributed by atoms with van der Waals surface area (Å²) < 4.78 is 16.7. The van der Waals surface area contributed by atoms with Crippen LogP contribution in [0.15, 0.2) is 42.9 Å². The Morgan fingerprint density at radius 3 is 2.81 bits per heavy atom. The number of benzene rings is 1. The van der Waals surface area contributed by atoms with Crippen LogP contribution in [-0.2, 0) is 13.1 Å². The predicted octanol–water partition coefficient (Wildman–Crippen LogP) is 2.54. The maximum absolute atomic E-state index is 13.2. The largest absolute Gasteiger partial charge is 0.396 e. The van der Waals surface area contributed by atoms with Crippen LogP contribution in [0, 0.1) is 5.82 Å². The zero-order valence-corrected chi connectivity index (χ0v) is 11.7. The number of anilines is 1. The summed E-state index contributed by atoms with van der Waals surface area (Å²) in [7, 11) is 0. The fraction of sp³-hybridized carbons (Fsp3) is 0.200. The summed E-state index contributed by atoms with van der Waals surface area (Å²) in [4.78, 5) is 0. The molecule has 0 aliphatic carbocycles. The Labute approximate surface area is 121 Å². The van der Waals surface area contributed by atoms with Crippen molar-refractivity contribution in [2.75, 3.05) is 5.73 Å². The number of rotatable bonds is 4. The predicted molar refractivity (Wildman–Crippen MR) is 79.0 cm³/mol. The first-order chi connectivity index (χ1) is 10.2. The van der Waals surface area contributed by atoms with Gasteiger partial charge in [-0.1, -0.05) is 12.1 Å². The summed E-state index contributed by atoms with van der Waals surface area (Å²) >= 11 is 0. The van der Waals surface area contributed by atoms with Crippen molar-refractivity contribution in [2.24, 2.45) is 0 Å². The van der Waals surface area contributed by atoms with Gasteiger partial charge >= 0.3 is 0 Å². The van der Waals surface area contributed by atoms with Gasteiger partial charge in [0.15, 0.2) is 0 Å². The van der Waals surface area contributed by atoms with Gasteiger partial charge in [0, 0.05) is 24.5 Å². The zero-order chi connectivity index (χ0) is 14.8. The molecule has 0 fully saturated rings. The number of aromatic nitrogens is 4. The fourth-order valence-electron chi connectivity index (χ4n) is 2.22. The average Bonchev–Trinajstić information content (AvgIpc) is 3.05. The van der Waals surface area contributed by atoms with Crippen LogP contribution in [0.5, 0.6) is 0 Å². The molecule has 0 amide bonds. The minimum atomic E-state index is -0.253. The Morgan fingerprint density at radius 2 is 2.10 bits per heavy atom. The van der Waals surface area contributed by atoms with Gasteiger partial charge in [-0.3, -0.25) is 9.36 Å². The van der Waals surface area contributed by atoms with E-state index in [9.17, 15) is 4.39 Å². The van der Waals surface area contributed by atoms with Gasteiger partial charge in [-0.15, -0.1) is 0 Å². The molecule has 0 bridgehead atoms. The van der Waals surface area contributed by atoms with Crippen LogP contribution >= 0.6 is 0 Å². The summed E-state index contributed by atoms with van der Waals surface area (Å²) in [5, 5.41) is 8.69. The minimum absolute atomic E-state index is 0.253. The SMILES string of the molecule is CCn1cc(-c2nn(Cc3cccc(F)c3)cc2N)cn1. The molecule has 0 aliphatic heterocycles. The van der Waals surface area contributed by atoms with E-state index in [4.69, 9.17) is 5.73 Å². The van der Waals surface area contributed by atoms with Gasteiger partial charge in [0.25, 0.3) is 0 Å². The lowest BCUT2D eigenvalue weighted by atomic mass is 10.2. The second-order valence-electron chi connectivity index (χ2n) is 4.85. The molecule has 0 unspecified atom stereocenters. The molecule has 0 aliphatic rings.